The van der Waals surface area contributed by atoms with Gasteiger partial charge in [0.05, 0.1) is 12.6 Å². The Morgan fingerprint density at radius 2 is 1.69 bits per heavy atom. The number of nitrogens with zero attached hydrogens (tertiary/aromatic N) is 3. The van der Waals surface area contributed by atoms with Crippen molar-refractivity contribution in [1.82, 2.24) is 14.7 Å². The van der Waals surface area contributed by atoms with Crippen LogP contribution in [0, 0.1) is 6.92 Å². The fourth-order valence-electron chi connectivity index (χ4n) is 5.20. The first-order chi connectivity index (χ1) is 17.0. The standard InChI is InChI=1S/C28H30ClN3O2S/c1-20-5-2-3-6-23(20)28(34)31-14-4-13-30(16-17-31)26(33)19-32-15-11-25-24(12-18-35-25)27(32)21-7-9-22(29)10-8-21/h2-3,5-10,12,18,27H,4,11,13-17,19H2,1H3. The molecule has 0 saturated carbocycles. The van der Waals surface area contributed by atoms with Gasteiger partial charge in [-0.2, -0.15) is 0 Å². The van der Waals surface area contributed by atoms with Crippen LogP contribution >= 0.6 is 22.9 Å². The lowest BCUT2D eigenvalue weighted by Crippen LogP contribution is -2.45. The number of fused-ring (bicyclic) bond motifs is 1. The predicted octanol–water partition coefficient (Wildman–Crippen LogP) is 5.03. The fourth-order valence-corrected chi connectivity index (χ4v) is 6.23. The number of carbonyl (C=O) groups is 2. The number of hydrogen-bond acceptors (Lipinski definition) is 4. The zero-order chi connectivity index (χ0) is 24.4. The van der Waals surface area contributed by atoms with E-state index in [2.05, 4.69) is 28.5 Å². The highest BCUT2D eigenvalue weighted by Gasteiger charge is 2.32. The second kappa shape index (κ2) is 10.5. The SMILES string of the molecule is Cc1ccccc1C(=O)N1CCCN(C(=O)CN2CCc3sccc3C2c2ccc(Cl)cc2)CC1. The third kappa shape index (κ3) is 5.15. The molecule has 2 aliphatic rings. The van der Waals surface area contributed by atoms with Crippen molar-refractivity contribution in [3.05, 3.63) is 92.1 Å². The van der Waals surface area contributed by atoms with Gasteiger partial charge in [-0.25, -0.2) is 0 Å². The van der Waals surface area contributed by atoms with Crippen LogP contribution in [0.1, 0.15) is 44.4 Å². The van der Waals surface area contributed by atoms with Gasteiger partial charge in [-0.3, -0.25) is 14.5 Å². The summed E-state index contributed by atoms with van der Waals surface area (Å²) in [6.07, 6.45) is 1.75. The first-order valence-electron chi connectivity index (χ1n) is 12.2. The molecule has 2 amide bonds. The van der Waals surface area contributed by atoms with Gasteiger partial charge in [-0.05, 0) is 66.1 Å². The summed E-state index contributed by atoms with van der Waals surface area (Å²) in [7, 11) is 0. The second-order valence-corrected chi connectivity index (χ2v) is 10.8. The van der Waals surface area contributed by atoms with Crippen LogP contribution in [0.4, 0.5) is 0 Å². The number of thiophene rings is 1. The number of amides is 2. The molecule has 1 saturated heterocycles. The highest BCUT2D eigenvalue weighted by atomic mass is 35.5. The van der Waals surface area contributed by atoms with Crippen LogP contribution in [0.3, 0.4) is 0 Å². The Bertz CT molecular complexity index is 1210. The number of halogens is 1. The molecule has 0 radical (unpaired) electrons. The molecule has 0 spiro atoms. The summed E-state index contributed by atoms with van der Waals surface area (Å²) >= 11 is 7.94. The largest absolute Gasteiger partial charge is 0.340 e. The Hall–Kier alpha value is -2.67. The van der Waals surface area contributed by atoms with E-state index < -0.39 is 0 Å². The van der Waals surface area contributed by atoms with E-state index in [1.165, 1.54) is 10.4 Å². The number of aryl methyl sites for hydroxylation is 1. The Balaban J connectivity index is 1.28. The van der Waals surface area contributed by atoms with Gasteiger partial charge in [-0.1, -0.05) is 41.9 Å². The molecule has 2 aliphatic heterocycles. The maximum Gasteiger partial charge on any atom is 0.254 e. The van der Waals surface area contributed by atoms with Crippen LogP contribution in [-0.2, 0) is 11.2 Å². The van der Waals surface area contributed by atoms with Crippen LogP contribution in [0.2, 0.25) is 5.02 Å². The summed E-state index contributed by atoms with van der Waals surface area (Å²) < 4.78 is 0. The topological polar surface area (TPSA) is 43.9 Å². The van der Waals surface area contributed by atoms with E-state index >= 15 is 0 Å². The van der Waals surface area contributed by atoms with E-state index in [1.54, 1.807) is 11.3 Å². The molecule has 5 rings (SSSR count). The van der Waals surface area contributed by atoms with E-state index in [4.69, 9.17) is 11.6 Å². The molecule has 7 heteroatoms. The van der Waals surface area contributed by atoms with E-state index in [-0.39, 0.29) is 17.9 Å². The summed E-state index contributed by atoms with van der Waals surface area (Å²) in [5, 5.41) is 2.86. The van der Waals surface area contributed by atoms with E-state index in [0.717, 1.165) is 36.1 Å². The summed E-state index contributed by atoms with van der Waals surface area (Å²) in [5.41, 5.74) is 4.19. The van der Waals surface area contributed by atoms with Crippen LogP contribution in [0.5, 0.6) is 0 Å². The van der Waals surface area contributed by atoms with Crippen molar-refractivity contribution in [2.75, 3.05) is 39.3 Å². The molecule has 2 aromatic carbocycles. The molecular weight excluding hydrogens is 478 g/mol. The Kier molecular flexibility index (Phi) is 7.23. The smallest absolute Gasteiger partial charge is 0.254 e. The third-order valence-corrected chi connectivity index (χ3v) is 8.35. The van der Waals surface area contributed by atoms with Crippen LogP contribution in [0.25, 0.3) is 0 Å². The highest BCUT2D eigenvalue weighted by Crippen LogP contribution is 2.38. The second-order valence-electron chi connectivity index (χ2n) is 9.32. The minimum atomic E-state index is 0.0531. The molecule has 0 aliphatic carbocycles. The number of carbonyl (C=O) groups excluding carboxylic acids is 2. The average Bonchev–Trinajstić information content (AvgIpc) is 3.20. The van der Waals surface area contributed by atoms with Gasteiger partial charge in [0, 0.05) is 48.2 Å². The zero-order valence-corrected chi connectivity index (χ0v) is 21.5. The van der Waals surface area contributed by atoms with Gasteiger partial charge < -0.3 is 9.80 Å². The van der Waals surface area contributed by atoms with Gasteiger partial charge >= 0.3 is 0 Å². The van der Waals surface area contributed by atoms with Gasteiger partial charge in [-0.15, -0.1) is 11.3 Å². The van der Waals surface area contributed by atoms with Gasteiger partial charge in [0.25, 0.3) is 5.91 Å². The zero-order valence-electron chi connectivity index (χ0n) is 20.0. The van der Waals surface area contributed by atoms with Crippen molar-refractivity contribution >= 4 is 34.8 Å². The van der Waals surface area contributed by atoms with Crippen LogP contribution < -0.4 is 0 Å². The van der Waals surface area contributed by atoms with Crippen molar-refractivity contribution in [2.45, 2.75) is 25.8 Å². The summed E-state index contributed by atoms with van der Waals surface area (Å²) in [6, 6.07) is 17.9. The number of benzene rings is 2. The molecule has 0 N–H and O–H groups in total. The first kappa shape index (κ1) is 24.0. The normalized spacial score (nSPS) is 18.7. The molecule has 5 nitrogen and oxygen atoms in total. The summed E-state index contributed by atoms with van der Waals surface area (Å²) in [5.74, 6) is 0.189. The van der Waals surface area contributed by atoms with Crippen molar-refractivity contribution in [1.29, 1.82) is 0 Å². The summed E-state index contributed by atoms with van der Waals surface area (Å²) in [4.78, 5) is 34.1. The predicted molar refractivity (Wildman–Crippen MR) is 141 cm³/mol. The lowest BCUT2D eigenvalue weighted by Gasteiger charge is -2.37. The molecular formula is C28H30ClN3O2S. The molecule has 35 heavy (non-hydrogen) atoms. The minimum Gasteiger partial charge on any atom is -0.340 e. The van der Waals surface area contributed by atoms with Gasteiger partial charge in [0.1, 0.15) is 0 Å². The molecule has 1 fully saturated rings. The Morgan fingerprint density at radius 3 is 2.49 bits per heavy atom. The van der Waals surface area contributed by atoms with E-state index in [9.17, 15) is 9.59 Å². The molecule has 0 bridgehead atoms. The monoisotopic (exact) mass is 507 g/mol. The molecule has 1 unspecified atom stereocenters. The Labute approximate surface area is 215 Å². The van der Waals surface area contributed by atoms with Crippen molar-refractivity contribution in [2.24, 2.45) is 0 Å². The van der Waals surface area contributed by atoms with Crippen LogP contribution in [-0.4, -0.2) is 65.8 Å². The van der Waals surface area contributed by atoms with Crippen molar-refractivity contribution in [3.63, 3.8) is 0 Å². The third-order valence-electron chi connectivity index (χ3n) is 7.10. The molecule has 1 aromatic heterocycles. The quantitative estimate of drug-likeness (QED) is 0.497. The molecule has 3 aromatic rings. The molecule has 182 valence electrons. The fraction of sp³-hybridized carbons (Fsp3) is 0.357. The van der Waals surface area contributed by atoms with Crippen molar-refractivity contribution < 1.29 is 9.59 Å². The number of rotatable bonds is 4. The van der Waals surface area contributed by atoms with Crippen molar-refractivity contribution in [3.8, 4) is 0 Å². The summed E-state index contributed by atoms with van der Waals surface area (Å²) in [6.45, 7) is 5.67. The maximum absolute atomic E-state index is 13.5. The maximum atomic E-state index is 13.5. The van der Waals surface area contributed by atoms with E-state index in [1.807, 2.05) is 53.1 Å². The number of hydrogen-bond donors (Lipinski definition) is 0. The first-order valence-corrected chi connectivity index (χ1v) is 13.5. The average molecular weight is 508 g/mol. The lowest BCUT2D eigenvalue weighted by atomic mass is 9.93. The molecule has 3 heterocycles. The Morgan fingerprint density at radius 1 is 0.943 bits per heavy atom. The minimum absolute atomic E-state index is 0.0531. The van der Waals surface area contributed by atoms with Gasteiger partial charge in [0.15, 0.2) is 0 Å². The van der Waals surface area contributed by atoms with Crippen LogP contribution in [0.15, 0.2) is 60.0 Å². The highest BCUT2D eigenvalue weighted by molar-refractivity contribution is 7.10. The lowest BCUT2D eigenvalue weighted by molar-refractivity contribution is -0.132. The molecule has 1 atom stereocenters. The van der Waals surface area contributed by atoms with Gasteiger partial charge in [0.2, 0.25) is 5.91 Å². The van der Waals surface area contributed by atoms with E-state index in [0.29, 0.717) is 37.7 Å².